The van der Waals surface area contributed by atoms with Crippen molar-refractivity contribution in [3.63, 3.8) is 0 Å². The van der Waals surface area contributed by atoms with E-state index in [2.05, 4.69) is 15.4 Å². The molecule has 1 aliphatic heterocycles. The van der Waals surface area contributed by atoms with Crippen molar-refractivity contribution in [2.45, 2.75) is 43.7 Å². The third-order valence-corrected chi connectivity index (χ3v) is 5.15. The van der Waals surface area contributed by atoms with Crippen LogP contribution in [0.25, 0.3) is 0 Å². The van der Waals surface area contributed by atoms with Crippen LogP contribution in [0.3, 0.4) is 0 Å². The Morgan fingerprint density at radius 2 is 2.08 bits per heavy atom. The molecule has 1 heterocycles. The lowest BCUT2D eigenvalue weighted by Gasteiger charge is -2.23. The first-order valence-electron chi connectivity index (χ1n) is 8.01. The summed E-state index contributed by atoms with van der Waals surface area (Å²) in [5.74, 6) is -1.18. The molecule has 1 aliphatic rings. The molecule has 1 fully saturated rings. The van der Waals surface area contributed by atoms with Crippen LogP contribution in [0, 0.1) is 5.82 Å². The molecule has 26 heavy (non-hydrogen) atoms. The van der Waals surface area contributed by atoms with Gasteiger partial charge in [0.2, 0.25) is 15.9 Å². The summed E-state index contributed by atoms with van der Waals surface area (Å²) in [6.07, 6.45) is 0.180. The minimum Gasteiger partial charge on any atom is -0.378 e. The minimum absolute atomic E-state index is 0. The zero-order valence-corrected chi connectivity index (χ0v) is 16.6. The Kier molecular flexibility index (Phi) is 7.97. The lowest BCUT2D eigenvalue weighted by atomic mass is 10.1. The number of anilines is 1. The Morgan fingerprint density at radius 1 is 1.38 bits per heavy atom. The molecular formula is C16H25ClFN3O4S. The van der Waals surface area contributed by atoms with Crippen LogP contribution in [0.1, 0.15) is 27.2 Å². The summed E-state index contributed by atoms with van der Waals surface area (Å²) < 4.78 is 46.3. The standard InChI is InChI=1S/C16H24FN3O4S.ClH/c1-16(2,3)20-25(22,23)14-8-11(4-5-13(14)17)19-15(21)9-12-10-24-7-6-18-12;/h4-5,8,12,18,20H,6-7,9-10H2,1-3H3,(H,19,21);1H. The number of amides is 1. The molecule has 2 rings (SSSR count). The number of benzene rings is 1. The lowest BCUT2D eigenvalue weighted by Crippen LogP contribution is -2.43. The average molecular weight is 410 g/mol. The number of hydrogen-bond donors (Lipinski definition) is 3. The van der Waals surface area contributed by atoms with Crippen molar-refractivity contribution in [2.75, 3.05) is 25.1 Å². The first kappa shape index (κ1) is 22.8. The third kappa shape index (κ3) is 6.81. The van der Waals surface area contributed by atoms with E-state index in [1.807, 2.05) is 0 Å². The molecule has 1 amide bonds. The maximum atomic E-state index is 14.0. The maximum absolute atomic E-state index is 14.0. The van der Waals surface area contributed by atoms with Crippen LogP contribution in [0.4, 0.5) is 10.1 Å². The molecule has 0 aliphatic carbocycles. The first-order valence-corrected chi connectivity index (χ1v) is 9.50. The number of morpholine rings is 1. The Hall–Kier alpha value is -1.26. The molecule has 1 unspecified atom stereocenters. The fraction of sp³-hybridized carbons (Fsp3) is 0.562. The van der Waals surface area contributed by atoms with Gasteiger partial charge in [0, 0.05) is 30.2 Å². The van der Waals surface area contributed by atoms with Crippen molar-refractivity contribution in [2.24, 2.45) is 0 Å². The lowest BCUT2D eigenvalue weighted by molar-refractivity contribution is -0.117. The molecule has 0 radical (unpaired) electrons. The van der Waals surface area contributed by atoms with E-state index in [0.29, 0.717) is 19.8 Å². The van der Waals surface area contributed by atoms with Crippen LogP contribution in [0.2, 0.25) is 0 Å². The molecule has 3 N–H and O–H groups in total. The summed E-state index contributed by atoms with van der Waals surface area (Å²) in [4.78, 5) is 11.6. The van der Waals surface area contributed by atoms with Crippen LogP contribution in [0.15, 0.2) is 23.1 Å². The van der Waals surface area contributed by atoms with E-state index in [0.717, 1.165) is 12.1 Å². The average Bonchev–Trinajstić information content (AvgIpc) is 2.47. The highest BCUT2D eigenvalue weighted by molar-refractivity contribution is 7.89. The molecular weight excluding hydrogens is 385 g/mol. The van der Waals surface area contributed by atoms with Crippen LogP contribution in [-0.4, -0.2) is 45.7 Å². The molecule has 0 bridgehead atoms. The Balaban J connectivity index is 0.00000338. The van der Waals surface area contributed by atoms with Gasteiger partial charge in [-0.25, -0.2) is 17.5 Å². The first-order chi connectivity index (χ1) is 11.6. The number of rotatable bonds is 5. The molecule has 0 spiro atoms. The Bertz CT molecular complexity index is 732. The van der Waals surface area contributed by atoms with Crippen molar-refractivity contribution in [1.29, 1.82) is 0 Å². The van der Waals surface area contributed by atoms with Gasteiger partial charge >= 0.3 is 0 Å². The largest absolute Gasteiger partial charge is 0.378 e. The van der Waals surface area contributed by atoms with E-state index in [4.69, 9.17) is 4.74 Å². The molecule has 7 nitrogen and oxygen atoms in total. The molecule has 1 aromatic carbocycles. The van der Waals surface area contributed by atoms with Crippen LogP contribution >= 0.6 is 12.4 Å². The van der Waals surface area contributed by atoms with E-state index in [9.17, 15) is 17.6 Å². The molecule has 0 aromatic heterocycles. The summed E-state index contributed by atoms with van der Waals surface area (Å²) in [5, 5.41) is 5.75. The fourth-order valence-electron chi connectivity index (χ4n) is 2.43. The zero-order valence-electron chi connectivity index (χ0n) is 15.0. The summed E-state index contributed by atoms with van der Waals surface area (Å²) in [5.41, 5.74) is -0.533. The van der Waals surface area contributed by atoms with Gasteiger partial charge in [-0.2, -0.15) is 0 Å². The van der Waals surface area contributed by atoms with Gasteiger partial charge in [-0.1, -0.05) is 0 Å². The molecule has 10 heteroatoms. The monoisotopic (exact) mass is 409 g/mol. The number of sulfonamides is 1. The van der Waals surface area contributed by atoms with Crippen LogP contribution in [0.5, 0.6) is 0 Å². The van der Waals surface area contributed by atoms with Gasteiger partial charge in [0.15, 0.2) is 0 Å². The van der Waals surface area contributed by atoms with Crippen LogP contribution < -0.4 is 15.4 Å². The van der Waals surface area contributed by atoms with Crippen LogP contribution in [-0.2, 0) is 19.6 Å². The SMILES string of the molecule is CC(C)(C)NS(=O)(=O)c1cc(NC(=O)CC2COCCN2)ccc1F.Cl. The highest BCUT2D eigenvalue weighted by Gasteiger charge is 2.25. The van der Waals surface area contributed by atoms with Gasteiger partial charge in [-0.15, -0.1) is 12.4 Å². The number of hydrogen-bond acceptors (Lipinski definition) is 5. The summed E-state index contributed by atoms with van der Waals surface area (Å²) in [6, 6.07) is 3.37. The smallest absolute Gasteiger partial charge is 0.244 e. The maximum Gasteiger partial charge on any atom is 0.244 e. The minimum atomic E-state index is -4.04. The van der Waals surface area contributed by atoms with Crippen molar-refractivity contribution in [3.05, 3.63) is 24.0 Å². The second-order valence-corrected chi connectivity index (χ2v) is 8.63. The summed E-state index contributed by atoms with van der Waals surface area (Å²) >= 11 is 0. The fourth-order valence-corrected chi connectivity index (χ4v) is 3.95. The number of carbonyl (C=O) groups excluding carboxylic acids is 1. The highest BCUT2D eigenvalue weighted by Crippen LogP contribution is 2.21. The van der Waals surface area contributed by atoms with Gasteiger partial charge < -0.3 is 15.4 Å². The molecule has 1 aromatic rings. The summed E-state index contributed by atoms with van der Waals surface area (Å²) in [6.45, 7) is 6.70. The van der Waals surface area contributed by atoms with E-state index >= 15 is 0 Å². The van der Waals surface area contributed by atoms with E-state index in [1.54, 1.807) is 20.8 Å². The number of carbonyl (C=O) groups is 1. The molecule has 1 saturated heterocycles. The third-order valence-electron chi connectivity index (χ3n) is 3.38. The topological polar surface area (TPSA) is 96.5 Å². The van der Waals surface area contributed by atoms with E-state index < -0.39 is 26.3 Å². The van der Waals surface area contributed by atoms with Crippen molar-refractivity contribution < 1.29 is 22.3 Å². The van der Waals surface area contributed by atoms with Crippen molar-refractivity contribution in [3.8, 4) is 0 Å². The highest BCUT2D eigenvalue weighted by atomic mass is 35.5. The Morgan fingerprint density at radius 3 is 2.65 bits per heavy atom. The molecule has 1 atom stereocenters. The van der Waals surface area contributed by atoms with Crippen molar-refractivity contribution >= 4 is 34.0 Å². The van der Waals surface area contributed by atoms with Gasteiger partial charge in [-0.3, -0.25) is 4.79 Å². The second-order valence-electron chi connectivity index (χ2n) is 6.98. The van der Waals surface area contributed by atoms with E-state index in [1.165, 1.54) is 6.07 Å². The molecule has 0 saturated carbocycles. The second kappa shape index (κ2) is 9.09. The Labute approximate surface area is 159 Å². The predicted molar refractivity (Wildman–Crippen MR) is 99.6 cm³/mol. The normalized spacial score (nSPS) is 18.1. The predicted octanol–water partition coefficient (Wildman–Crippen LogP) is 1.64. The zero-order chi connectivity index (χ0) is 18.7. The van der Waals surface area contributed by atoms with E-state index in [-0.39, 0.29) is 36.5 Å². The summed E-state index contributed by atoms with van der Waals surface area (Å²) in [7, 11) is -4.04. The quantitative estimate of drug-likeness (QED) is 0.687. The van der Waals surface area contributed by atoms with Gasteiger partial charge in [-0.05, 0) is 39.0 Å². The number of nitrogens with one attached hydrogen (secondary N) is 3. The molecule has 148 valence electrons. The van der Waals surface area contributed by atoms with Crippen molar-refractivity contribution in [1.82, 2.24) is 10.0 Å². The number of ether oxygens (including phenoxy) is 1. The number of halogens is 2. The van der Waals surface area contributed by atoms with Gasteiger partial charge in [0.25, 0.3) is 0 Å². The van der Waals surface area contributed by atoms with Gasteiger partial charge in [0.1, 0.15) is 10.7 Å². The van der Waals surface area contributed by atoms with Gasteiger partial charge in [0.05, 0.1) is 13.2 Å².